The first-order valence-electron chi connectivity index (χ1n) is 4.89. The molecular weight excluding hydrogens is 243 g/mol. The molecule has 16 heavy (non-hydrogen) atoms. The van der Waals surface area contributed by atoms with Crippen molar-refractivity contribution >= 4 is 28.8 Å². The molecule has 0 saturated carbocycles. The number of benzene rings is 1. The molecule has 2 atom stereocenters. The lowest BCUT2D eigenvalue weighted by molar-refractivity contribution is 0.648. The third-order valence-electron chi connectivity index (χ3n) is 2.60. The van der Waals surface area contributed by atoms with Gasteiger partial charge in [0.05, 0.1) is 6.04 Å². The molecule has 0 aromatic heterocycles. The monoisotopic (exact) mass is 254 g/mol. The van der Waals surface area contributed by atoms with Crippen LogP contribution in [0.1, 0.15) is 5.56 Å². The summed E-state index contributed by atoms with van der Waals surface area (Å²) in [5.41, 5.74) is 13.7. The second-order valence-electron chi connectivity index (χ2n) is 3.80. The SMILES string of the molecule is NC1C(c2cccc(Cl)c2)=CC=CC1(N)Cl. The van der Waals surface area contributed by atoms with Crippen LogP contribution in [-0.4, -0.2) is 11.0 Å². The second kappa shape index (κ2) is 4.22. The smallest absolute Gasteiger partial charge is 0.129 e. The maximum Gasteiger partial charge on any atom is 0.129 e. The van der Waals surface area contributed by atoms with Crippen molar-refractivity contribution in [2.24, 2.45) is 11.5 Å². The molecule has 4 heteroatoms. The summed E-state index contributed by atoms with van der Waals surface area (Å²) in [6, 6.07) is 7.02. The standard InChI is InChI=1S/C12H12Cl2N2/c13-9-4-1-3-8(7-9)10-5-2-6-12(14,16)11(10)15/h1-7,11H,15-16H2. The summed E-state index contributed by atoms with van der Waals surface area (Å²) in [7, 11) is 0. The van der Waals surface area contributed by atoms with E-state index in [9.17, 15) is 0 Å². The molecule has 2 rings (SSSR count). The van der Waals surface area contributed by atoms with Crippen LogP contribution in [-0.2, 0) is 0 Å². The van der Waals surface area contributed by atoms with E-state index >= 15 is 0 Å². The van der Waals surface area contributed by atoms with Crippen molar-refractivity contribution < 1.29 is 0 Å². The summed E-state index contributed by atoms with van der Waals surface area (Å²) in [6.07, 6.45) is 5.41. The average Bonchev–Trinajstić information content (AvgIpc) is 2.22. The molecule has 0 aliphatic heterocycles. The van der Waals surface area contributed by atoms with Gasteiger partial charge in [-0.15, -0.1) is 0 Å². The molecule has 0 bridgehead atoms. The topological polar surface area (TPSA) is 52.0 Å². The summed E-state index contributed by atoms with van der Waals surface area (Å²) >= 11 is 12.0. The van der Waals surface area contributed by atoms with E-state index in [-0.39, 0.29) is 0 Å². The molecule has 1 aliphatic rings. The maximum atomic E-state index is 6.10. The first kappa shape index (κ1) is 11.7. The highest BCUT2D eigenvalue weighted by atomic mass is 35.5. The molecule has 1 aromatic carbocycles. The third kappa shape index (κ3) is 2.15. The van der Waals surface area contributed by atoms with Gasteiger partial charge in [-0.3, -0.25) is 0 Å². The number of alkyl halides is 1. The van der Waals surface area contributed by atoms with Crippen LogP contribution in [0.5, 0.6) is 0 Å². The maximum absolute atomic E-state index is 6.10. The Balaban J connectivity index is 2.42. The number of allylic oxidation sites excluding steroid dienone is 2. The predicted octanol–water partition coefficient (Wildman–Crippen LogP) is 2.51. The van der Waals surface area contributed by atoms with E-state index in [4.69, 9.17) is 34.7 Å². The van der Waals surface area contributed by atoms with Gasteiger partial charge in [0.15, 0.2) is 0 Å². The largest absolute Gasteiger partial charge is 0.321 e. The minimum absolute atomic E-state index is 0.447. The van der Waals surface area contributed by atoms with Crippen molar-refractivity contribution in [2.75, 3.05) is 0 Å². The van der Waals surface area contributed by atoms with Gasteiger partial charge in [-0.1, -0.05) is 47.5 Å². The molecule has 0 heterocycles. The van der Waals surface area contributed by atoms with Gasteiger partial charge < -0.3 is 11.5 Å². The molecule has 0 spiro atoms. The zero-order valence-corrected chi connectivity index (χ0v) is 10.0. The highest BCUT2D eigenvalue weighted by molar-refractivity contribution is 6.30. The Morgan fingerprint density at radius 3 is 2.75 bits per heavy atom. The van der Waals surface area contributed by atoms with Crippen molar-refractivity contribution in [3.8, 4) is 0 Å². The van der Waals surface area contributed by atoms with E-state index in [2.05, 4.69) is 0 Å². The van der Waals surface area contributed by atoms with Gasteiger partial charge >= 0.3 is 0 Å². The number of nitrogens with two attached hydrogens (primary N) is 2. The van der Waals surface area contributed by atoms with Crippen LogP contribution in [0.3, 0.4) is 0 Å². The summed E-state index contributed by atoms with van der Waals surface area (Å²) in [6.45, 7) is 0. The van der Waals surface area contributed by atoms with E-state index in [0.717, 1.165) is 11.1 Å². The lowest BCUT2D eigenvalue weighted by Gasteiger charge is -2.30. The van der Waals surface area contributed by atoms with E-state index in [1.807, 2.05) is 36.4 Å². The number of hydrogen-bond acceptors (Lipinski definition) is 2. The molecule has 0 fully saturated rings. The fourth-order valence-electron chi connectivity index (χ4n) is 1.69. The normalized spacial score (nSPS) is 29.0. The Bertz CT molecular complexity index is 464. The third-order valence-corrected chi connectivity index (χ3v) is 3.19. The zero-order chi connectivity index (χ0) is 11.8. The average molecular weight is 255 g/mol. The van der Waals surface area contributed by atoms with Gasteiger partial charge in [0.1, 0.15) is 5.00 Å². The lowest BCUT2D eigenvalue weighted by atomic mass is 9.90. The van der Waals surface area contributed by atoms with Crippen LogP contribution in [0.25, 0.3) is 5.57 Å². The van der Waals surface area contributed by atoms with Crippen molar-refractivity contribution in [2.45, 2.75) is 11.0 Å². The van der Waals surface area contributed by atoms with Gasteiger partial charge in [0.25, 0.3) is 0 Å². The van der Waals surface area contributed by atoms with Crippen LogP contribution in [0.2, 0.25) is 5.02 Å². The molecule has 2 unspecified atom stereocenters. The van der Waals surface area contributed by atoms with Gasteiger partial charge in [0.2, 0.25) is 0 Å². The molecule has 1 aliphatic carbocycles. The quantitative estimate of drug-likeness (QED) is 0.598. The minimum Gasteiger partial charge on any atom is -0.321 e. The fraction of sp³-hybridized carbons (Fsp3) is 0.167. The Labute approximate surface area is 105 Å². The summed E-state index contributed by atoms with van der Waals surface area (Å²) < 4.78 is 0. The predicted molar refractivity (Wildman–Crippen MR) is 69.3 cm³/mol. The second-order valence-corrected chi connectivity index (χ2v) is 4.89. The molecule has 0 amide bonds. The van der Waals surface area contributed by atoms with Crippen molar-refractivity contribution in [1.82, 2.24) is 0 Å². The Morgan fingerprint density at radius 1 is 1.31 bits per heavy atom. The first-order valence-corrected chi connectivity index (χ1v) is 5.65. The molecular formula is C12H12Cl2N2. The molecule has 0 radical (unpaired) electrons. The van der Waals surface area contributed by atoms with Gasteiger partial charge in [-0.2, -0.15) is 0 Å². The first-order chi connectivity index (χ1) is 7.50. The van der Waals surface area contributed by atoms with Crippen molar-refractivity contribution in [3.63, 3.8) is 0 Å². The van der Waals surface area contributed by atoms with E-state index < -0.39 is 11.0 Å². The molecule has 0 saturated heterocycles. The minimum atomic E-state index is -1.04. The summed E-state index contributed by atoms with van der Waals surface area (Å²) in [5.74, 6) is 0. The van der Waals surface area contributed by atoms with E-state index in [1.54, 1.807) is 6.08 Å². The lowest BCUT2D eigenvalue weighted by Crippen LogP contribution is -2.50. The summed E-state index contributed by atoms with van der Waals surface area (Å²) in [4.78, 5) is -1.04. The number of hydrogen-bond donors (Lipinski definition) is 2. The van der Waals surface area contributed by atoms with E-state index in [0.29, 0.717) is 5.02 Å². The fourth-order valence-corrected chi connectivity index (χ4v) is 2.07. The molecule has 4 N–H and O–H groups in total. The Hall–Kier alpha value is -0.800. The van der Waals surface area contributed by atoms with Crippen LogP contribution < -0.4 is 11.5 Å². The van der Waals surface area contributed by atoms with Crippen LogP contribution in [0.4, 0.5) is 0 Å². The van der Waals surface area contributed by atoms with Gasteiger partial charge in [-0.25, -0.2) is 0 Å². The molecule has 2 nitrogen and oxygen atoms in total. The Kier molecular flexibility index (Phi) is 3.08. The number of halogens is 2. The Morgan fingerprint density at radius 2 is 2.06 bits per heavy atom. The van der Waals surface area contributed by atoms with Gasteiger partial charge in [0, 0.05) is 5.02 Å². The molecule has 1 aromatic rings. The highest BCUT2D eigenvalue weighted by Gasteiger charge is 2.32. The van der Waals surface area contributed by atoms with Crippen molar-refractivity contribution in [3.05, 3.63) is 53.1 Å². The van der Waals surface area contributed by atoms with Crippen LogP contribution in [0, 0.1) is 0 Å². The number of rotatable bonds is 1. The highest BCUT2D eigenvalue weighted by Crippen LogP contribution is 2.31. The summed E-state index contributed by atoms with van der Waals surface area (Å²) in [5, 5.41) is 0.664. The molecule has 84 valence electrons. The van der Waals surface area contributed by atoms with Crippen LogP contribution >= 0.6 is 23.2 Å². The van der Waals surface area contributed by atoms with Gasteiger partial charge in [-0.05, 0) is 29.3 Å². The zero-order valence-electron chi connectivity index (χ0n) is 8.53. The van der Waals surface area contributed by atoms with E-state index in [1.165, 1.54) is 0 Å². The van der Waals surface area contributed by atoms with Crippen LogP contribution in [0.15, 0.2) is 42.5 Å². The van der Waals surface area contributed by atoms with Crippen molar-refractivity contribution in [1.29, 1.82) is 0 Å².